The van der Waals surface area contributed by atoms with Crippen LogP contribution in [-0.2, 0) is 4.79 Å². The van der Waals surface area contributed by atoms with E-state index in [0.29, 0.717) is 30.4 Å². The van der Waals surface area contributed by atoms with E-state index in [1.807, 2.05) is 4.90 Å². The van der Waals surface area contributed by atoms with E-state index in [1.54, 1.807) is 12.1 Å². The van der Waals surface area contributed by atoms with Gasteiger partial charge in [0.05, 0.1) is 6.10 Å². The number of nitrogens with two attached hydrogens (primary N) is 1. The molecule has 1 fully saturated rings. The molecule has 1 aliphatic heterocycles. The van der Waals surface area contributed by atoms with E-state index in [1.165, 1.54) is 6.07 Å². The Morgan fingerprint density at radius 2 is 2.11 bits per heavy atom. The lowest BCUT2D eigenvalue weighted by Crippen LogP contribution is -2.44. The molecule has 1 saturated heterocycles. The first-order chi connectivity index (χ1) is 8.99. The second-order valence-corrected chi connectivity index (χ2v) is 5.65. The highest BCUT2D eigenvalue weighted by Crippen LogP contribution is 2.28. The molecule has 4 nitrogen and oxygen atoms in total. The van der Waals surface area contributed by atoms with E-state index < -0.39 is 17.8 Å². The molecule has 1 unspecified atom stereocenters. The van der Waals surface area contributed by atoms with Crippen molar-refractivity contribution < 1.29 is 14.3 Å². The third-order valence-electron chi connectivity index (χ3n) is 3.39. The van der Waals surface area contributed by atoms with Gasteiger partial charge >= 0.3 is 0 Å². The van der Waals surface area contributed by atoms with Crippen molar-refractivity contribution in [2.75, 3.05) is 13.1 Å². The Morgan fingerprint density at radius 1 is 1.47 bits per heavy atom. The molecule has 1 aliphatic rings. The number of piperidine rings is 1. The van der Waals surface area contributed by atoms with E-state index >= 15 is 0 Å². The van der Waals surface area contributed by atoms with Crippen LogP contribution in [0, 0.1) is 5.82 Å². The van der Waals surface area contributed by atoms with E-state index in [2.05, 4.69) is 15.9 Å². The van der Waals surface area contributed by atoms with Crippen molar-refractivity contribution in [2.24, 2.45) is 5.73 Å². The third kappa shape index (κ3) is 3.32. The minimum atomic E-state index is -0.777. The standard InChI is InChI=1S/C13H16BrFN2O2/c14-8-1-2-10(11(15)7-8)12(13(16)19)17-5-3-9(18)4-6-17/h1-2,7,9,12,18H,3-6H2,(H2,16,19). The van der Waals surface area contributed by atoms with Crippen LogP contribution in [0.15, 0.2) is 22.7 Å². The molecule has 104 valence electrons. The number of rotatable bonds is 3. The van der Waals surface area contributed by atoms with Crippen molar-refractivity contribution in [1.82, 2.24) is 4.90 Å². The zero-order valence-corrected chi connectivity index (χ0v) is 11.9. The topological polar surface area (TPSA) is 66.6 Å². The smallest absolute Gasteiger partial charge is 0.239 e. The number of benzene rings is 1. The van der Waals surface area contributed by atoms with Crippen LogP contribution in [0.2, 0.25) is 0 Å². The van der Waals surface area contributed by atoms with Crippen molar-refractivity contribution in [1.29, 1.82) is 0 Å². The maximum atomic E-state index is 14.0. The molecule has 1 aromatic rings. The lowest BCUT2D eigenvalue weighted by atomic mass is 9.99. The summed E-state index contributed by atoms with van der Waals surface area (Å²) in [6.07, 6.45) is 0.795. The Labute approximate surface area is 119 Å². The number of nitrogens with zero attached hydrogens (tertiary/aromatic N) is 1. The molecule has 0 spiro atoms. The largest absolute Gasteiger partial charge is 0.393 e. The van der Waals surface area contributed by atoms with Crippen molar-refractivity contribution >= 4 is 21.8 Å². The maximum Gasteiger partial charge on any atom is 0.239 e. The summed E-state index contributed by atoms with van der Waals surface area (Å²) in [6, 6.07) is 3.80. The highest BCUT2D eigenvalue weighted by Gasteiger charge is 2.30. The second-order valence-electron chi connectivity index (χ2n) is 4.74. The zero-order chi connectivity index (χ0) is 14.0. The van der Waals surface area contributed by atoms with Gasteiger partial charge in [-0.2, -0.15) is 0 Å². The molecule has 0 radical (unpaired) electrons. The van der Waals surface area contributed by atoms with Crippen molar-refractivity contribution in [3.63, 3.8) is 0 Å². The van der Waals surface area contributed by atoms with E-state index in [4.69, 9.17) is 5.73 Å². The van der Waals surface area contributed by atoms with Crippen LogP contribution in [0.4, 0.5) is 4.39 Å². The Kier molecular flexibility index (Phi) is 4.54. The van der Waals surface area contributed by atoms with Crippen LogP contribution in [0.1, 0.15) is 24.4 Å². The van der Waals surface area contributed by atoms with Gasteiger partial charge in [0, 0.05) is 23.1 Å². The van der Waals surface area contributed by atoms with Gasteiger partial charge in [-0.25, -0.2) is 4.39 Å². The first-order valence-electron chi connectivity index (χ1n) is 6.15. The lowest BCUT2D eigenvalue weighted by Gasteiger charge is -2.34. The number of likely N-dealkylation sites (tertiary alicyclic amines) is 1. The Morgan fingerprint density at radius 3 is 2.63 bits per heavy atom. The fourth-order valence-electron chi connectivity index (χ4n) is 2.40. The third-order valence-corrected chi connectivity index (χ3v) is 3.88. The highest BCUT2D eigenvalue weighted by atomic mass is 79.9. The lowest BCUT2D eigenvalue weighted by molar-refractivity contribution is -0.124. The summed E-state index contributed by atoms with van der Waals surface area (Å²) >= 11 is 3.18. The number of halogens is 2. The molecule has 1 aromatic carbocycles. The molecular weight excluding hydrogens is 315 g/mol. The number of amides is 1. The van der Waals surface area contributed by atoms with Crippen LogP contribution < -0.4 is 5.73 Å². The molecule has 1 amide bonds. The predicted octanol–water partition coefficient (Wildman–Crippen LogP) is 1.57. The van der Waals surface area contributed by atoms with Crippen molar-refractivity contribution in [3.8, 4) is 0 Å². The molecule has 0 aliphatic carbocycles. The molecule has 0 saturated carbocycles. The van der Waals surface area contributed by atoms with Crippen LogP contribution in [0.3, 0.4) is 0 Å². The quantitative estimate of drug-likeness (QED) is 0.884. The molecule has 1 heterocycles. The van der Waals surface area contributed by atoms with Gasteiger partial charge < -0.3 is 10.8 Å². The summed E-state index contributed by atoms with van der Waals surface area (Å²) in [7, 11) is 0. The summed E-state index contributed by atoms with van der Waals surface area (Å²) in [6.45, 7) is 1.06. The molecule has 0 aromatic heterocycles. The number of primary amides is 1. The molecule has 2 rings (SSSR count). The van der Waals surface area contributed by atoms with Crippen molar-refractivity contribution in [3.05, 3.63) is 34.1 Å². The molecular formula is C13H16BrFN2O2. The van der Waals surface area contributed by atoms with Gasteiger partial charge in [-0.15, -0.1) is 0 Å². The summed E-state index contributed by atoms with van der Waals surface area (Å²) in [5, 5.41) is 9.49. The highest BCUT2D eigenvalue weighted by molar-refractivity contribution is 9.10. The van der Waals surface area contributed by atoms with E-state index in [9.17, 15) is 14.3 Å². The van der Waals surface area contributed by atoms with Gasteiger partial charge in [0.1, 0.15) is 11.9 Å². The molecule has 0 bridgehead atoms. The fraction of sp³-hybridized carbons (Fsp3) is 0.462. The Hall–Kier alpha value is -0.980. The van der Waals surface area contributed by atoms with Gasteiger partial charge in [0.25, 0.3) is 0 Å². The number of hydrogen-bond acceptors (Lipinski definition) is 3. The summed E-state index contributed by atoms with van der Waals surface area (Å²) in [5.41, 5.74) is 5.70. The molecule has 6 heteroatoms. The summed E-state index contributed by atoms with van der Waals surface area (Å²) in [4.78, 5) is 13.5. The van der Waals surface area contributed by atoms with Crippen LogP contribution >= 0.6 is 15.9 Å². The van der Waals surface area contributed by atoms with Gasteiger partial charge in [-0.3, -0.25) is 9.69 Å². The zero-order valence-electron chi connectivity index (χ0n) is 10.4. The van der Waals surface area contributed by atoms with Crippen molar-refractivity contribution in [2.45, 2.75) is 25.0 Å². The normalized spacial score (nSPS) is 19.3. The number of aliphatic hydroxyl groups is 1. The van der Waals surface area contributed by atoms with Crippen LogP contribution in [0.25, 0.3) is 0 Å². The average Bonchev–Trinajstić information content (AvgIpc) is 2.34. The summed E-state index contributed by atoms with van der Waals surface area (Å²) in [5.74, 6) is -1.03. The number of hydrogen-bond donors (Lipinski definition) is 2. The Balaban J connectivity index is 2.27. The minimum Gasteiger partial charge on any atom is -0.393 e. The number of aliphatic hydroxyl groups excluding tert-OH is 1. The molecule has 1 atom stereocenters. The first kappa shape index (κ1) is 14.4. The Bertz CT molecular complexity index is 476. The number of carbonyl (C=O) groups is 1. The van der Waals surface area contributed by atoms with E-state index in [-0.39, 0.29) is 11.7 Å². The van der Waals surface area contributed by atoms with Gasteiger partial charge in [-0.05, 0) is 25.0 Å². The van der Waals surface area contributed by atoms with E-state index in [0.717, 1.165) is 0 Å². The van der Waals surface area contributed by atoms with Crippen LogP contribution in [-0.4, -0.2) is 35.1 Å². The summed E-state index contributed by atoms with van der Waals surface area (Å²) < 4.78 is 14.6. The maximum absolute atomic E-state index is 14.0. The fourth-order valence-corrected chi connectivity index (χ4v) is 2.73. The van der Waals surface area contributed by atoms with Gasteiger partial charge in [0.2, 0.25) is 5.91 Å². The van der Waals surface area contributed by atoms with Gasteiger partial charge in [0.15, 0.2) is 0 Å². The molecule has 19 heavy (non-hydrogen) atoms. The average molecular weight is 331 g/mol. The SMILES string of the molecule is NC(=O)C(c1ccc(Br)cc1F)N1CCC(O)CC1. The predicted molar refractivity (Wildman–Crippen MR) is 72.8 cm³/mol. The first-order valence-corrected chi connectivity index (χ1v) is 6.94. The van der Waals surface area contributed by atoms with Crippen LogP contribution in [0.5, 0.6) is 0 Å². The second kappa shape index (κ2) is 5.98. The minimum absolute atomic E-state index is 0.284. The van der Waals surface area contributed by atoms with Gasteiger partial charge in [-0.1, -0.05) is 22.0 Å². The number of carbonyl (C=O) groups excluding carboxylic acids is 1. The molecule has 3 N–H and O–H groups in total. The monoisotopic (exact) mass is 330 g/mol.